The number of nitrogens with zero attached hydrogens (tertiary/aromatic N) is 4. The van der Waals surface area contributed by atoms with E-state index < -0.39 is 15.8 Å². The quantitative estimate of drug-likeness (QED) is 0.396. The number of halogens is 1. The summed E-state index contributed by atoms with van der Waals surface area (Å²) < 4.78 is 54.2. The lowest BCUT2D eigenvalue weighted by Crippen LogP contribution is -2.14. The lowest BCUT2D eigenvalue weighted by Gasteiger charge is -2.12. The van der Waals surface area contributed by atoms with Crippen LogP contribution in [0.1, 0.15) is 22.8 Å². The van der Waals surface area contributed by atoms with Gasteiger partial charge in [0.25, 0.3) is 10.0 Å². The average Bonchev–Trinajstić information content (AvgIpc) is 3.07. The minimum Gasteiger partial charge on any atom is -0.495 e. The highest BCUT2D eigenvalue weighted by Gasteiger charge is 2.21. The second-order valence-electron chi connectivity index (χ2n) is 7.85. The SMILES string of the molecule is COc1ccc(F)cc1S(=O)(=O)Nc1ccc(Oc2cc(-n3nc(C)c(C)c3C)nc(C)n2)cc1. The Hall–Kier alpha value is -3.99. The second kappa shape index (κ2) is 9.34. The van der Waals surface area contributed by atoms with Gasteiger partial charge >= 0.3 is 0 Å². The van der Waals surface area contributed by atoms with E-state index in [0.29, 0.717) is 23.3 Å². The van der Waals surface area contributed by atoms with Gasteiger partial charge in [0.2, 0.25) is 5.88 Å². The average molecular weight is 498 g/mol. The predicted molar refractivity (Wildman–Crippen MR) is 128 cm³/mol. The van der Waals surface area contributed by atoms with Gasteiger partial charge in [-0.1, -0.05) is 0 Å². The number of rotatable bonds is 7. The third-order valence-corrected chi connectivity index (χ3v) is 6.82. The van der Waals surface area contributed by atoms with Crippen LogP contribution in [-0.2, 0) is 10.0 Å². The van der Waals surface area contributed by atoms with E-state index >= 15 is 0 Å². The van der Waals surface area contributed by atoms with E-state index in [1.165, 1.54) is 25.3 Å². The molecule has 2 aromatic heterocycles. The Kier molecular flexibility index (Phi) is 6.44. The molecule has 35 heavy (non-hydrogen) atoms. The van der Waals surface area contributed by atoms with Gasteiger partial charge in [-0.25, -0.2) is 22.5 Å². The molecule has 0 fully saturated rings. The zero-order valence-electron chi connectivity index (χ0n) is 19.8. The van der Waals surface area contributed by atoms with Gasteiger partial charge in [-0.3, -0.25) is 4.72 Å². The molecule has 11 heteroatoms. The first-order valence-electron chi connectivity index (χ1n) is 10.6. The molecule has 0 aliphatic rings. The summed E-state index contributed by atoms with van der Waals surface area (Å²) in [6, 6.07) is 11.2. The number of benzene rings is 2. The monoisotopic (exact) mass is 497 g/mol. The maximum Gasteiger partial charge on any atom is 0.265 e. The van der Waals surface area contributed by atoms with Crippen LogP contribution in [0.2, 0.25) is 0 Å². The number of anilines is 1. The highest BCUT2D eigenvalue weighted by atomic mass is 32.2. The lowest BCUT2D eigenvalue weighted by molar-refractivity contribution is 0.401. The van der Waals surface area contributed by atoms with Crippen molar-refractivity contribution >= 4 is 15.7 Å². The summed E-state index contributed by atoms with van der Waals surface area (Å²) >= 11 is 0. The summed E-state index contributed by atoms with van der Waals surface area (Å²) in [7, 11) is -2.77. The van der Waals surface area contributed by atoms with Gasteiger partial charge in [0.1, 0.15) is 28.0 Å². The van der Waals surface area contributed by atoms with Crippen LogP contribution >= 0.6 is 0 Å². The van der Waals surface area contributed by atoms with Crippen molar-refractivity contribution in [3.05, 3.63) is 77.1 Å². The maximum absolute atomic E-state index is 13.6. The van der Waals surface area contributed by atoms with Gasteiger partial charge in [-0.05, 0) is 75.7 Å². The van der Waals surface area contributed by atoms with Crippen LogP contribution in [0.3, 0.4) is 0 Å². The predicted octanol–water partition coefficient (Wildman–Crippen LogP) is 4.64. The molecule has 9 nitrogen and oxygen atoms in total. The third-order valence-electron chi connectivity index (χ3n) is 5.42. The smallest absolute Gasteiger partial charge is 0.265 e. The van der Waals surface area contributed by atoms with Gasteiger partial charge in [-0.15, -0.1) is 0 Å². The summed E-state index contributed by atoms with van der Waals surface area (Å²) in [6.45, 7) is 7.66. The van der Waals surface area contributed by atoms with E-state index in [1.807, 2.05) is 20.8 Å². The zero-order valence-corrected chi connectivity index (χ0v) is 20.6. The fourth-order valence-electron chi connectivity index (χ4n) is 3.41. The number of hydrogen-bond donors (Lipinski definition) is 1. The Morgan fingerprint density at radius 2 is 1.69 bits per heavy atom. The molecule has 0 radical (unpaired) electrons. The Morgan fingerprint density at radius 3 is 2.31 bits per heavy atom. The molecule has 4 aromatic rings. The summed E-state index contributed by atoms with van der Waals surface area (Å²) in [5, 5.41) is 4.53. The number of nitrogens with one attached hydrogen (secondary N) is 1. The Balaban J connectivity index is 1.55. The van der Waals surface area contributed by atoms with E-state index in [4.69, 9.17) is 9.47 Å². The molecule has 0 saturated carbocycles. The fourth-order valence-corrected chi connectivity index (χ4v) is 4.65. The van der Waals surface area contributed by atoms with Crippen molar-refractivity contribution in [3.8, 4) is 23.2 Å². The van der Waals surface area contributed by atoms with Gasteiger partial charge in [0.15, 0.2) is 5.82 Å². The molecule has 0 aliphatic heterocycles. The van der Waals surface area contributed by atoms with E-state index in [9.17, 15) is 12.8 Å². The van der Waals surface area contributed by atoms with Crippen LogP contribution in [0, 0.1) is 33.5 Å². The van der Waals surface area contributed by atoms with Crippen LogP contribution in [0.15, 0.2) is 53.4 Å². The molecule has 0 spiro atoms. The fraction of sp³-hybridized carbons (Fsp3) is 0.208. The maximum atomic E-state index is 13.6. The molecule has 2 aromatic carbocycles. The third kappa shape index (κ3) is 5.09. The Bertz CT molecular complexity index is 1500. The van der Waals surface area contributed by atoms with E-state index in [0.717, 1.165) is 29.1 Å². The lowest BCUT2D eigenvalue weighted by atomic mass is 10.2. The molecule has 0 atom stereocenters. The molecule has 182 valence electrons. The number of methoxy groups -OCH3 is 1. The first-order chi connectivity index (χ1) is 16.6. The second-order valence-corrected chi connectivity index (χ2v) is 9.50. The first kappa shape index (κ1) is 24.1. The molecule has 0 aliphatic carbocycles. The summed E-state index contributed by atoms with van der Waals surface area (Å²) in [6.07, 6.45) is 0. The minimum absolute atomic E-state index is 0.0339. The number of aromatic nitrogens is 4. The van der Waals surface area contributed by atoms with Crippen molar-refractivity contribution in [1.82, 2.24) is 19.7 Å². The molecular formula is C24H24FN5O4S. The van der Waals surface area contributed by atoms with Crippen molar-refractivity contribution in [2.75, 3.05) is 11.8 Å². The van der Waals surface area contributed by atoms with Crippen molar-refractivity contribution in [2.45, 2.75) is 32.6 Å². The normalized spacial score (nSPS) is 11.4. The van der Waals surface area contributed by atoms with Crippen molar-refractivity contribution in [1.29, 1.82) is 0 Å². The van der Waals surface area contributed by atoms with Gasteiger partial charge in [0.05, 0.1) is 12.8 Å². The number of sulfonamides is 1. The molecule has 1 N–H and O–H groups in total. The summed E-state index contributed by atoms with van der Waals surface area (Å²) in [5.74, 6) is 1.18. The number of ether oxygens (including phenoxy) is 2. The summed E-state index contributed by atoms with van der Waals surface area (Å²) in [4.78, 5) is 8.49. The van der Waals surface area contributed by atoms with Gasteiger partial charge in [0, 0.05) is 17.4 Å². The Morgan fingerprint density at radius 1 is 0.971 bits per heavy atom. The molecule has 0 bridgehead atoms. The minimum atomic E-state index is -4.08. The van der Waals surface area contributed by atoms with Gasteiger partial charge in [-0.2, -0.15) is 10.1 Å². The van der Waals surface area contributed by atoms with Crippen molar-refractivity contribution < 1.29 is 22.3 Å². The molecule has 2 heterocycles. The van der Waals surface area contributed by atoms with Crippen molar-refractivity contribution in [3.63, 3.8) is 0 Å². The largest absolute Gasteiger partial charge is 0.495 e. The summed E-state index contributed by atoms with van der Waals surface area (Å²) in [5.41, 5.74) is 3.23. The van der Waals surface area contributed by atoms with Crippen LogP contribution in [-0.4, -0.2) is 35.3 Å². The highest BCUT2D eigenvalue weighted by molar-refractivity contribution is 7.92. The molecule has 0 saturated heterocycles. The van der Waals surface area contributed by atoms with Crippen LogP contribution in [0.4, 0.5) is 10.1 Å². The van der Waals surface area contributed by atoms with E-state index in [2.05, 4.69) is 19.8 Å². The number of aryl methyl sites for hydroxylation is 2. The van der Waals surface area contributed by atoms with Crippen molar-refractivity contribution in [2.24, 2.45) is 0 Å². The zero-order chi connectivity index (χ0) is 25.3. The van der Waals surface area contributed by atoms with Crippen LogP contribution < -0.4 is 14.2 Å². The number of hydrogen-bond acceptors (Lipinski definition) is 7. The van der Waals surface area contributed by atoms with E-state index in [-0.39, 0.29) is 16.3 Å². The highest BCUT2D eigenvalue weighted by Crippen LogP contribution is 2.28. The molecule has 0 amide bonds. The van der Waals surface area contributed by atoms with Crippen LogP contribution in [0.25, 0.3) is 5.82 Å². The molecule has 0 unspecified atom stereocenters. The standard InChI is InChI=1S/C24H24FN5O4S/c1-14-15(2)28-30(16(14)3)23-13-24(27-17(4)26-23)34-20-9-7-19(8-10-20)29-35(31,32)22-12-18(25)6-11-21(22)33-5/h6-13,29H,1-5H3. The molecular weight excluding hydrogens is 473 g/mol. The van der Waals surface area contributed by atoms with E-state index in [1.54, 1.807) is 29.8 Å². The Labute approximate surface area is 202 Å². The van der Waals surface area contributed by atoms with Crippen LogP contribution in [0.5, 0.6) is 17.4 Å². The first-order valence-corrected chi connectivity index (χ1v) is 12.1. The topological polar surface area (TPSA) is 108 Å². The molecule has 4 rings (SSSR count). The van der Waals surface area contributed by atoms with Gasteiger partial charge < -0.3 is 9.47 Å².